The molecule has 0 aromatic carbocycles. The second kappa shape index (κ2) is 5.36. The second-order valence-corrected chi connectivity index (χ2v) is 5.48. The van der Waals surface area contributed by atoms with Crippen LogP contribution in [0, 0.1) is 11.3 Å². The third kappa shape index (κ3) is 2.47. The van der Waals surface area contributed by atoms with E-state index in [1.54, 1.807) is 0 Å². The summed E-state index contributed by atoms with van der Waals surface area (Å²) in [6.45, 7) is 5.83. The third-order valence-corrected chi connectivity index (χ3v) is 4.53. The molecule has 1 amide bonds. The molecule has 2 aliphatic heterocycles. The van der Waals surface area contributed by atoms with Gasteiger partial charge in [-0.05, 0) is 38.1 Å². The zero-order chi connectivity index (χ0) is 12.3. The Hall–Kier alpha value is -0.610. The van der Waals surface area contributed by atoms with E-state index < -0.39 is 0 Å². The number of nitrogens with zero attached hydrogens (tertiary/aromatic N) is 1. The van der Waals surface area contributed by atoms with Gasteiger partial charge >= 0.3 is 0 Å². The average molecular weight is 240 g/mol. The molecule has 0 bridgehead atoms. The zero-order valence-electron chi connectivity index (χ0n) is 10.7. The summed E-state index contributed by atoms with van der Waals surface area (Å²) in [4.78, 5) is 14.6. The fourth-order valence-corrected chi connectivity index (χ4v) is 3.03. The van der Waals surface area contributed by atoms with Gasteiger partial charge in [0.25, 0.3) is 0 Å². The lowest BCUT2D eigenvalue weighted by Gasteiger charge is -2.37. The first kappa shape index (κ1) is 12.8. The number of carbonyl (C=O) groups is 1. The van der Waals surface area contributed by atoms with Crippen LogP contribution in [-0.4, -0.2) is 48.7 Å². The van der Waals surface area contributed by atoms with Gasteiger partial charge in [0.15, 0.2) is 0 Å². The number of rotatable bonds is 3. The Balaban J connectivity index is 1.96. The van der Waals surface area contributed by atoms with Crippen LogP contribution in [0.1, 0.15) is 32.6 Å². The van der Waals surface area contributed by atoms with Gasteiger partial charge in [-0.1, -0.05) is 6.92 Å². The minimum Gasteiger partial charge on any atom is -0.396 e. The quantitative estimate of drug-likeness (QED) is 0.760. The number of nitrogens with one attached hydrogen (secondary N) is 1. The molecule has 4 nitrogen and oxygen atoms in total. The summed E-state index contributed by atoms with van der Waals surface area (Å²) in [6, 6.07) is 0. The number of piperidine rings is 1. The second-order valence-electron chi connectivity index (χ2n) is 5.48. The van der Waals surface area contributed by atoms with Gasteiger partial charge in [-0.15, -0.1) is 0 Å². The number of carbonyl (C=O) groups excluding carboxylic acids is 1. The minimum absolute atomic E-state index is 0.147. The summed E-state index contributed by atoms with van der Waals surface area (Å²) < 4.78 is 0. The van der Waals surface area contributed by atoms with Crippen LogP contribution in [0.4, 0.5) is 0 Å². The van der Waals surface area contributed by atoms with Crippen LogP contribution in [-0.2, 0) is 4.79 Å². The molecule has 0 radical (unpaired) electrons. The molecule has 17 heavy (non-hydrogen) atoms. The normalized spacial score (nSPS) is 30.8. The lowest BCUT2D eigenvalue weighted by Crippen LogP contribution is -2.48. The number of hydrogen-bond donors (Lipinski definition) is 2. The fourth-order valence-electron chi connectivity index (χ4n) is 3.03. The first-order chi connectivity index (χ1) is 8.22. The topological polar surface area (TPSA) is 52.6 Å². The molecule has 1 atom stereocenters. The van der Waals surface area contributed by atoms with Crippen molar-refractivity contribution in [2.45, 2.75) is 32.6 Å². The van der Waals surface area contributed by atoms with Gasteiger partial charge in [0, 0.05) is 26.2 Å². The van der Waals surface area contributed by atoms with E-state index in [-0.39, 0.29) is 12.0 Å². The van der Waals surface area contributed by atoms with Crippen LogP contribution in [0.3, 0.4) is 0 Å². The number of amides is 1. The summed E-state index contributed by atoms with van der Waals surface area (Å²) in [5.41, 5.74) is -0.147. The van der Waals surface area contributed by atoms with E-state index in [1.807, 2.05) is 4.90 Å². The molecular formula is C13H24N2O2. The molecule has 2 aliphatic rings. The van der Waals surface area contributed by atoms with Crippen molar-refractivity contribution in [1.82, 2.24) is 10.2 Å². The van der Waals surface area contributed by atoms with Gasteiger partial charge in [-0.3, -0.25) is 4.79 Å². The first-order valence-corrected chi connectivity index (χ1v) is 6.83. The van der Waals surface area contributed by atoms with Crippen LogP contribution in [0.25, 0.3) is 0 Å². The van der Waals surface area contributed by atoms with Crippen molar-refractivity contribution >= 4 is 5.91 Å². The highest BCUT2D eigenvalue weighted by Gasteiger charge is 2.42. The Morgan fingerprint density at radius 2 is 2.18 bits per heavy atom. The van der Waals surface area contributed by atoms with Gasteiger partial charge < -0.3 is 15.3 Å². The fraction of sp³-hybridized carbons (Fsp3) is 0.923. The molecule has 2 fully saturated rings. The lowest BCUT2D eigenvalue weighted by atomic mass is 9.82. The number of likely N-dealkylation sites (tertiary alicyclic amines) is 1. The predicted molar refractivity (Wildman–Crippen MR) is 66.6 cm³/mol. The molecule has 0 saturated carbocycles. The van der Waals surface area contributed by atoms with Crippen LogP contribution >= 0.6 is 0 Å². The lowest BCUT2D eigenvalue weighted by molar-refractivity contribution is -0.143. The highest BCUT2D eigenvalue weighted by atomic mass is 16.3. The molecule has 2 heterocycles. The Kier molecular flexibility index (Phi) is 4.05. The molecule has 2 saturated heterocycles. The van der Waals surface area contributed by atoms with Gasteiger partial charge in [-0.2, -0.15) is 0 Å². The molecule has 1 unspecified atom stereocenters. The van der Waals surface area contributed by atoms with Gasteiger partial charge in [0.2, 0.25) is 5.91 Å². The van der Waals surface area contributed by atoms with Crippen molar-refractivity contribution in [2.24, 2.45) is 11.3 Å². The Bertz CT molecular complexity index is 267. The summed E-state index contributed by atoms with van der Waals surface area (Å²) in [5.74, 6) is 0.736. The van der Waals surface area contributed by atoms with Crippen LogP contribution in [0.5, 0.6) is 0 Å². The molecule has 0 aliphatic carbocycles. The highest BCUT2D eigenvalue weighted by Crippen LogP contribution is 2.33. The molecule has 98 valence electrons. The number of aliphatic hydroxyl groups excluding tert-OH is 1. The average Bonchev–Trinajstić information content (AvgIpc) is 2.88. The third-order valence-electron chi connectivity index (χ3n) is 4.53. The molecule has 2 rings (SSSR count). The van der Waals surface area contributed by atoms with E-state index >= 15 is 0 Å². The van der Waals surface area contributed by atoms with Crippen molar-refractivity contribution in [3.05, 3.63) is 0 Å². The van der Waals surface area contributed by atoms with Crippen molar-refractivity contribution < 1.29 is 9.90 Å². The van der Waals surface area contributed by atoms with Crippen LogP contribution in [0.15, 0.2) is 0 Å². The smallest absolute Gasteiger partial charge is 0.230 e. The van der Waals surface area contributed by atoms with Crippen LogP contribution < -0.4 is 5.32 Å². The van der Waals surface area contributed by atoms with E-state index in [0.717, 1.165) is 51.9 Å². The predicted octanol–water partition coefficient (Wildman–Crippen LogP) is 0.607. The summed E-state index contributed by atoms with van der Waals surface area (Å²) >= 11 is 0. The van der Waals surface area contributed by atoms with E-state index in [4.69, 9.17) is 5.11 Å². The van der Waals surface area contributed by atoms with Crippen molar-refractivity contribution in [1.29, 1.82) is 0 Å². The minimum atomic E-state index is -0.147. The Morgan fingerprint density at radius 1 is 1.47 bits per heavy atom. The molecule has 0 spiro atoms. The monoisotopic (exact) mass is 240 g/mol. The SMILES string of the molecule is CCC1(C(=O)N2CCC(CO)CC2)CCNC1. The van der Waals surface area contributed by atoms with E-state index in [1.165, 1.54) is 0 Å². The Morgan fingerprint density at radius 3 is 2.65 bits per heavy atom. The van der Waals surface area contributed by atoms with Crippen LogP contribution in [0.2, 0.25) is 0 Å². The van der Waals surface area contributed by atoms with Gasteiger partial charge in [0.1, 0.15) is 0 Å². The van der Waals surface area contributed by atoms with E-state index in [9.17, 15) is 4.79 Å². The van der Waals surface area contributed by atoms with E-state index in [2.05, 4.69) is 12.2 Å². The maximum absolute atomic E-state index is 12.6. The van der Waals surface area contributed by atoms with Gasteiger partial charge in [-0.25, -0.2) is 0 Å². The standard InChI is InChI=1S/C13H24N2O2/c1-2-13(5-6-14-10-13)12(17)15-7-3-11(9-16)4-8-15/h11,14,16H,2-10H2,1H3. The summed E-state index contributed by atoms with van der Waals surface area (Å²) in [7, 11) is 0. The van der Waals surface area contributed by atoms with Crippen molar-refractivity contribution in [2.75, 3.05) is 32.8 Å². The maximum Gasteiger partial charge on any atom is 0.230 e. The largest absolute Gasteiger partial charge is 0.396 e. The Labute approximate surface area is 103 Å². The first-order valence-electron chi connectivity index (χ1n) is 6.83. The van der Waals surface area contributed by atoms with Crippen molar-refractivity contribution in [3.8, 4) is 0 Å². The molecule has 0 aromatic heterocycles. The zero-order valence-corrected chi connectivity index (χ0v) is 10.7. The number of hydrogen-bond acceptors (Lipinski definition) is 3. The number of aliphatic hydroxyl groups is 1. The molecule has 4 heteroatoms. The van der Waals surface area contributed by atoms with Crippen molar-refractivity contribution in [3.63, 3.8) is 0 Å². The molecule has 2 N–H and O–H groups in total. The van der Waals surface area contributed by atoms with Gasteiger partial charge in [0.05, 0.1) is 5.41 Å². The molecule has 0 aromatic rings. The summed E-state index contributed by atoms with van der Waals surface area (Å²) in [5, 5.41) is 12.4. The van der Waals surface area contributed by atoms with E-state index in [0.29, 0.717) is 11.8 Å². The summed E-state index contributed by atoms with van der Waals surface area (Å²) in [6.07, 6.45) is 3.81. The molecular weight excluding hydrogens is 216 g/mol. The maximum atomic E-state index is 12.6. The highest BCUT2D eigenvalue weighted by molar-refractivity contribution is 5.83.